The second-order valence-corrected chi connectivity index (χ2v) is 6.19. The molecule has 140 valence electrons. The van der Waals surface area contributed by atoms with Crippen LogP contribution in [0.4, 0.5) is 0 Å². The Morgan fingerprint density at radius 1 is 1.15 bits per heavy atom. The number of amides is 1. The Morgan fingerprint density at radius 3 is 2.52 bits per heavy atom. The summed E-state index contributed by atoms with van der Waals surface area (Å²) in [5, 5.41) is 7.27. The predicted molar refractivity (Wildman–Crippen MR) is 101 cm³/mol. The fraction of sp³-hybridized carbons (Fsp3) is 0.211. The van der Waals surface area contributed by atoms with Crippen LogP contribution in [0.15, 0.2) is 49.1 Å². The summed E-state index contributed by atoms with van der Waals surface area (Å²) in [5.41, 5.74) is 2.49. The number of nitrogens with one attached hydrogen (secondary N) is 1. The summed E-state index contributed by atoms with van der Waals surface area (Å²) in [6, 6.07) is 11.1. The zero-order chi connectivity index (χ0) is 19.2. The summed E-state index contributed by atoms with van der Waals surface area (Å²) in [5.74, 6) is 0.566. The Kier molecular flexibility index (Phi) is 5.93. The Bertz CT molecular complexity index is 911. The van der Waals surface area contributed by atoms with E-state index < -0.39 is 0 Å². The van der Waals surface area contributed by atoms with Gasteiger partial charge in [-0.25, -0.2) is 9.67 Å². The Hall–Kier alpha value is -3.06. The van der Waals surface area contributed by atoms with Gasteiger partial charge in [0.25, 0.3) is 5.91 Å². The minimum atomic E-state index is -0.246. The molecule has 1 N–H and O–H groups in total. The standard InChI is InChI=1S/C19H19ClN4O3/c1-26-17-8-15(7-16(20)18(17)27-2)19(25)22-9-13-3-5-14(6-4-13)10-24-12-21-11-23-24/h3-8,11-12H,9-10H2,1-2H3,(H,22,25). The molecular formula is C19H19ClN4O3. The van der Waals surface area contributed by atoms with E-state index in [2.05, 4.69) is 15.4 Å². The number of aromatic nitrogens is 3. The first-order valence-corrected chi connectivity index (χ1v) is 8.58. The van der Waals surface area contributed by atoms with Crippen molar-refractivity contribution in [1.82, 2.24) is 20.1 Å². The van der Waals surface area contributed by atoms with Crippen molar-refractivity contribution in [3.63, 3.8) is 0 Å². The molecular weight excluding hydrogens is 368 g/mol. The molecule has 0 radical (unpaired) electrons. The van der Waals surface area contributed by atoms with Crippen LogP contribution >= 0.6 is 11.6 Å². The van der Waals surface area contributed by atoms with Crippen LogP contribution in [0.25, 0.3) is 0 Å². The molecule has 0 aliphatic heterocycles. The van der Waals surface area contributed by atoms with Gasteiger partial charge in [-0.05, 0) is 23.3 Å². The van der Waals surface area contributed by atoms with Gasteiger partial charge in [0.1, 0.15) is 12.7 Å². The van der Waals surface area contributed by atoms with Crippen molar-refractivity contribution in [2.75, 3.05) is 14.2 Å². The van der Waals surface area contributed by atoms with Crippen molar-refractivity contribution < 1.29 is 14.3 Å². The number of carbonyl (C=O) groups excluding carboxylic acids is 1. The third kappa shape index (κ3) is 4.57. The summed E-state index contributed by atoms with van der Waals surface area (Å²) < 4.78 is 12.2. The highest BCUT2D eigenvalue weighted by Gasteiger charge is 2.15. The highest BCUT2D eigenvalue weighted by atomic mass is 35.5. The van der Waals surface area contributed by atoms with Crippen LogP contribution < -0.4 is 14.8 Å². The first-order chi connectivity index (χ1) is 13.1. The largest absolute Gasteiger partial charge is 0.493 e. The topological polar surface area (TPSA) is 78.3 Å². The number of carbonyl (C=O) groups is 1. The van der Waals surface area contributed by atoms with E-state index >= 15 is 0 Å². The van der Waals surface area contributed by atoms with Crippen LogP contribution in [0.5, 0.6) is 11.5 Å². The smallest absolute Gasteiger partial charge is 0.251 e. The average molecular weight is 387 g/mol. The molecule has 1 heterocycles. The number of nitrogens with zero attached hydrogens (tertiary/aromatic N) is 3. The van der Waals surface area contributed by atoms with Gasteiger partial charge < -0.3 is 14.8 Å². The molecule has 27 heavy (non-hydrogen) atoms. The summed E-state index contributed by atoms with van der Waals surface area (Å²) >= 11 is 6.15. The van der Waals surface area contributed by atoms with Crippen molar-refractivity contribution in [1.29, 1.82) is 0 Å². The fourth-order valence-corrected chi connectivity index (χ4v) is 2.89. The number of benzene rings is 2. The molecule has 3 rings (SSSR count). The van der Waals surface area contributed by atoms with Gasteiger partial charge in [0.05, 0.1) is 25.8 Å². The van der Waals surface area contributed by atoms with Gasteiger partial charge in [-0.1, -0.05) is 35.9 Å². The van der Waals surface area contributed by atoms with Gasteiger partial charge in [0.2, 0.25) is 0 Å². The molecule has 0 spiro atoms. The van der Waals surface area contributed by atoms with E-state index in [9.17, 15) is 4.79 Å². The summed E-state index contributed by atoms with van der Waals surface area (Å²) in [6.45, 7) is 1.05. The monoisotopic (exact) mass is 386 g/mol. The van der Waals surface area contributed by atoms with Gasteiger partial charge in [-0.15, -0.1) is 0 Å². The van der Waals surface area contributed by atoms with Crippen LogP contribution in [-0.4, -0.2) is 34.9 Å². The quantitative estimate of drug-likeness (QED) is 0.675. The van der Waals surface area contributed by atoms with Crippen LogP contribution in [0.3, 0.4) is 0 Å². The van der Waals surface area contributed by atoms with Crippen molar-refractivity contribution in [3.8, 4) is 11.5 Å². The van der Waals surface area contributed by atoms with Gasteiger partial charge in [0, 0.05) is 12.1 Å². The van der Waals surface area contributed by atoms with E-state index in [-0.39, 0.29) is 5.91 Å². The molecule has 1 amide bonds. The van der Waals surface area contributed by atoms with Crippen LogP contribution in [-0.2, 0) is 13.1 Å². The molecule has 0 saturated carbocycles. The number of methoxy groups -OCH3 is 2. The Labute approximate surface area is 161 Å². The molecule has 3 aromatic rings. The lowest BCUT2D eigenvalue weighted by molar-refractivity contribution is 0.0950. The highest BCUT2D eigenvalue weighted by Crippen LogP contribution is 2.35. The van der Waals surface area contributed by atoms with Crippen molar-refractivity contribution >= 4 is 17.5 Å². The maximum Gasteiger partial charge on any atom is 0.251 e. The number of hydrogen-bond donors (Lipinski definition) is 1. The normalized spacial score (nSPS) is 10.5. The van der Waals surface area contributed by atoms with E-state index in [1.165, 1.54) is 20.5 Å². The first-order valence-electron chi connectivity index (χ1n) is 8.20. The third-order valence-corrected chi connectivity index (χ3v) is 4.26. The molecule has 8 heteroatoms. The number of ether oxygens (including phenoxy) is 2. The van der Waals surface area contributed by atoms with Crippen LogP contribution in [0.1, 0.15) is 21.5 Å². The zero-order valence-corrected chi connectivity index (χ0v) is 15.7. The molecule has 0 saturated heterocycles. The lowest BCUT2D eigenvalue weighted by Crippen LogP contribution is -2.22. The van der Waals surface area contributed by atoms with Crippen LogP contribution in [0, 0.1) is 0 Å². The summed E-state index contributed by atoms with van der Waals surface area (Å²) in [7, 11) is 2.99. The lowest BCUT2D eigenvalue weighted by Gasteiger charge is -2.12. The van der Waals surface area contributed by atoms with E-state index in [1.54, 1.807) is 23.1 Å². The van der Waals surface area contributed by atoms with E-state index in [0.717, 1.165) is 11.1 Å². The van der Waals surface area contributed by atoms with Crippen LogP contribution in [0.2, 0.25) is 5.02 Å². The number of halogens is 1. The average Bonchev–Trinajstić information content (AvgIpc) is 3.19. The van der Waals surface area contributed by atoms with Crippen molar-refractivity contribution in [3.05, 3.63) is 70.8 Å². The third-order valence-electron chi connectivity index (χ3n) is 3.98. The maximum absolute atomic E-state index is 12.4. The minimum absolute atomic E-state index is 0.246. The molecule has 0 aliphatic carbocycles. The van der Waals surface area contributed by atoms with Gasteiger partial charge >= 0.3 is 0 Å². The molecule has 0 aliphatic rings. The molecule has 1 aromatic heterocycles. The number of rotatable bonds is 7. The molecule has 2 aromatic carbocycles. The molecule has 7 nitrogen and oxygen atoms in total. The highest BCUT2D eigenvalue weighted by molar-refractivity contribution is 6.32. The molecule has 0 bridgehead atoms. The predicted octanol–water partition coefficient (Wildman–Crippen LogP) is 2.93. The Morgan fingerprint density at radius 2 is 1.89 bits per heavy atom. The van der Waals surface area contributed by atoms with E-state index in [4.69, 9.17) is 21.1 Å². The summed E-state index contributed by atoms with van der Waals surface area (Å²) in [4.78, 5) is 16.4. The first kappa shape index (κ1) is 18.7. The van der Waals surface area contributed by atoms with Crippen molar-refractivity contribution in [2.24, 2.45) is 0 Å². The van der Waals surface area contributed by atoms with Gasteiger partial charge in [0.15, 0.2) is 11.5 Å². The van der Waals surface area contributed by atoms with Crippen molar-refractivity contribution in [2.45, 2.75) is 13.1 Å². The number of hydrogen-bond acceptors (Lipinski definition) is 5. The summed E-state index contributed by atoms with van der Waals surface area (Å²) in [6.07, 6.45) is 3.17. The minimum Gasteiger partial charge on any atom is -0.493 e. The zero-order valence-electron chi connectivity index (χ0n) is 15.0. The Balaban J connectivity index is 1.63. The van der Waals surface area contributed by atoms with Gasteiger partial charge in [-0.3, -0.25) is 4.79 Å². The SMILES string of the molecule is COc1cc(C(=O)NCc2ccc(Cn3cncn3)cc2)cc(Cl)c1OC. The van der Waals surface area contributed by atoms with Gasteiger partial charge in [-0.2, -0.15) is 5.10 Å². The lowest BCUT2D eigenvalue weighted by atomic mass is 10.1. The molecule has 0 atom stereocenters. The van der Waals surface area contributed by atoms with E-state index in [1.807, 2.05) is 24.3 Å². The van der Waals surface area contributed by atoms with E-state index in [0.29, 0.717) is 35.2 Å². The second kappa shape index (κ2) is 8.55. The maximum atomic E-state index is 12.4. The fourth-order valence-electron chi connectivity index (χ4n) is 2.60. The molecule has 0 fully saturated rings. The second-order valence-electron chi connectivity index (χ2n) is 5.79. The molecule has 0 unspecified atom stereocenters.